The van der Waals surface area contributed by atoms with Gasteiger partial charge in [-0.1, -0.05) is 38.8 Å². The molecule has 1 N–H and O–H groups in total. The van der Waals surface area contributed by atoms with Crippen LogP contribution >= 0.6 is 0 Å². The number of aryl methyl sites for hydroxylation is 2. The Labute approximate surface area is 123 Å². The molecular weight excluding hydrogens is 207 g/mol. The first-order chi connectivity index (χ1) is 7.27. The van der Waals surface area contributed by atoms with Crippen LogP contribution in [0.3, 0.4) is 0 Å². The summed E-state index contributed by atoms with van der Waals surface area (Å²) in [6.07, 6.45) is 6.94. The van der Waals surface area contributed by atoms with E-state index in [2.05, 4.69) is 19.9 Å². The van der Waals surface area contributed by atoms with Gasteiger partial charge in [0.25, 0.3) is 0 Å². The first kappa shape index (κ1) is 16.0. The van der Waals surface area contributed by atoms with Crippen LogP contribution in [-0.4, -0.2) is 5.11 Å². The van der Waals surface area contributed by atoms with Gasteiger partial charge in [-0.05, 0) is 42.9 Å². The SMILES string of the molecule is CCCCc1ccc(O)c(CCCC)c1.[H-].[Na+]. The van der Waals surface area contributed by atoms with E-state index in [9.17, 15) is 5.11 Å². The number of rotatable bonds is 6. The molecule has 1 aromatic rings. The summed E-state index contributed by atoms with van der Waals surface area (Å²) in [7, 11) is 0. The van der Waals surface area contributed by atoms with Crippen LogP contribution in [0.1, 0.15) is 52.1 Å². The Balaban J connectivity index is 0. The molecule has 0 aliphatic carbocycles. The molecule has 0 atom stereocenters. The maximum atomic E-state index is 9.69. The van der Waals surface area contributed by atoms with Crippen molar-refractivity contribution in [1.82, 2.24) is 0 Å². The molecule has 0 saturated carbocycles. The summed E-state index contributed by atoms with van der Waals surface area (Å²) in [5.74, 6) is 0.462. The van der Waals surface area contributed by atoms with Gasteiger partial charge in [-0.3, -0.25) is 0 Å². The Morgan fingerprint density at radius 3 is 2.31 bits per heavy atom. The Bertz CT molecular complexity index is 302. The van der Waals surface area contributed by atoms with Gasteiger partial charge in [0.2, 0.25) is 0 Å². The summed E-state index contributed by atoms with van der Waals surface area (Å²) in [6.45, 7) is 4.39. The zero-order valence-electron chi connectivity index (χ0n) is 11.9. The molecule has 0 spiro atoms. The Morgan fingerprint density at radius 1 is 1.06 bits per heavy atom. The van der Waals surface area contributed by atoms with Crippen LogP contribution in [-0.2, 0) is 12.8 Å². The van der Waals surface area contributed by atoms with Crippen LogP contribution in [0.25, 0.3) is 0 Å². The van der Waals surface area contributed by atoms with Crippen molar-refractivity contribution >= 4 is 0 Å². The van der Waals surface area contributed by atoms with Gasteiger partial charge < -0.3 is 6.53 Å². The number of aromatic hydroxyl groups is 1. The van der Waals surface area contributed by atoms with Gasteiger partial charge in [-0.15, -0.1) is 0 Å². The minimum atomic E-state index is 0. The molecule has 0 aliphatic heterocycles. The standard InChI is InChI=1S/C14H22O.Na.H/c1-3-5-7-12-9-10-14(15)13(11-12)8-6-4-2;;/h9-11,15H,3-8H2,1-2H3;;/q;+1;-1. The first-order valence-corrected chi connectivity index (χ1v) is 6.08. The fraction of sp³-hybridized carbons (Fsp3) is 0.571. The van der Waals surface area contributed by atoms with E-state index in [-0.39, 0.29) is 31.0 Å². The second-order valence-corrected chi connectivity index (χ2v) is 4.17. The van der Waals surface area contributed by atoms with Crippen molar-refractivity contribution in [2.24, 2.45) is 0 Å². The number of phenolic OH excluding ortho intramolecular Hbond substituents is 1. The third-order valence-electron chi connectivity index (χ3n) is 2.76. The van der Waals surface area contributed by atoms with Crippen molar-refractivity contribution < 1.29 is 36.1 Å². The minimum absolute atomic E-state index is 0. The molecule has 16 heavy (non-hydrogen) atoms. The van der Waals surface area contributed by atoms with E-state index in [4.69, 9.17) is 0 Å². The summed E-state index contributed by atoms with van der Waals surface area (Å²) in [6, 6.07) is 6.05. The van der Waals surface area contributed by atoms with Gasteiger partial charge in [0.1, 0.15) is 5.75 Å². The average molecular weight is 230 g/mol. The van der Waals surface area contributed by atoms with Gasteiger partial charge in [0, 0.05) is 0 Å². The van der Waals surface area contributed by atoms with Gasteiger partial charge in [-0.2, -0.15) is 0 Å². The number of phenols is 1. The van der Waals surface area contributed by atoms with E-state index in [1.165, 1.54) is 24.8 Å². The Hall–Kier alpha value is 0.0200. The van der Waals surface area contributed by atoms with E-state index in [0.717, 1.165) is 24.8 Å². The topological polar surface area (TPSA) is 20.2 Å². The summed E-state index contributed by atoms with van der Waals surface area (Å²) >= 11 is 0. The van der Waals surface area contributed by atoms with Crippen molar-refractivity contribution in [1.29, 1.82) is 0 Å². The maximum Gasteiger partial charge on any atom is 1.00 e. The van der Waals surface area contributed by atoms with Crippen molar-refractivity contribution in [3.8, 4) is 5.75 Å². The summed E-state index contributed by atoms with van der Waals surface area (Å²) in [5, 5.41) is 9.69. The third-order valence-corrected chi connectivity index (χ3v) is 2.76. The predicted octanol–water partition coefficient (Wildman–Crippen LogP) is 1.19. The van der Waals surface area contributed by atoms with E-state index in [0.29, 0.717) is 5.75 Å². The number of hydrogen-bond donors (Lipinski definition) is 1. The number of hydrogen-bond acceptors (Lipinski definition) is 1. The van der Waals surface area contributed by atoms with Crippen LogP contribution in [0.2, 0.25) is 0 Å². The molecule has 1 nitrogen and oxygen atoms in total. The fourth-order valence-electron chi connectivity index (χ4n) is 1.74. The molecule has 0 amide bonds. The largest absolute Gasteiger partial charge is 1.00 e. The van der Waals surface area contributed by atoms with E-state index in [1.807, 2.05) is 12.1 Å². The molecule has 0 fully saturated rings. The van der Waals surface area contributed by atoms with Crippen LogP contribution < -0.4 is 29.6 Å². The molecule has 0 aromatic heterocycles. The molecule has 1 aromatic carbocycles. The van der Waals surface area contributed by atoms with Crippen LogP contribution in [0.4, 0.5) is 0 Å². The zero-order chi connectivity index (χ0) is 11.1. The second kappa shape index (κ2) is 9.09. The first-order valence-electron chi connectivity index (χ1n) is 6.08. The van der Waals surface area contributed by atoms with E-state index < -0.39 is 0 Å². The van der Waals surface area contributed by atoms with Crippen LogP contribution in [0, 0.1) is 0 Å². The van der Waals surface area contributed by atoms with Crippen molar-refractivity contribution in [2.75, 3.05) is 0 Å². The molecular formula is C14H23NaO. The van der Waals surface area contributed by atoms with Crippen molar-refractivity contribution in [3.05, 3.63) is 29.3 Å². The van der Waals surface area contributed by atoms with Crippen LogP contribution in [0.5, 0.6) is 5.75 Å². The fourth-order valence-corrected chi connectivity index (χ4v) is 1.74. The summed E-state index contributed by atoms with van der Waals surface area (Å²) in [5.41, 5.74) is 2.48. The third kappa shape index (κ3) is 5.38. The normalized spacial score (nSPS) is 9.88. The molecule has 0 radical (unpaired) electrons. The quantitative estimate of drug-likeness (QED) is 0.728. The molecule has 0 heterocycles. The van der Waals surface area contributed by atoms with Gasteiger partial charge in [0.05, 0.1) is 0 Å². The van der Waals surface area contributed by atoms with Crippen molar-refractivity contribution in [2.45, 2.75) is 52.4 Å². The Kier molecular flexibility index (Phi) is 9.10. The number of unbranched alkanes of at least 4 members (excludes halogenated alkanes) is 2. The van der Waals surface area contributed by atoms with E-state index >= 15 is 0 Å². The zero-order valence-corrected chi connectivity index (χ0v) is 12.9. The monoisotopic (exact) mass is 230 g/mol. The second-order valence-electron chi connectivity index (χ2n) is 4.17. The molecule has 0 unspecified atom stereocenters. The molecule has 86 valence electrons. The molecule has 0 bridgehead atoms. The predicted molar refractivity (Wildman–Crippen MR) is 66.4 cm³/mol. The number of benzene rings is 1. The molecule has 0 aliphatic rings. The van der Waals surface area contributed by atoms with Gasteiger partial charge >= 0.3 is 29.6 Å². The van der Waals surface area contributed by atoms with Gasteiger partial charge in [0.15, 0.2) is 0 Å². The molecule has 2 heteroatoms. The Morgan fingerprint density at radius 2 is 1.69 bits per heavy atom. The summed E-state index contributed by atoms with van der Waals surface area (Å²) < 4.78 is 0. The maximum absolute atomic E-state index is 9.69. The van der Waals surface area contributed by atoms with Crippen LogP contribution in [0.15, 0.2) is 18.2 Å². The van der Waals surface area contributed by atoms with Gasteiger partial charge in [-0.25, -0.2) is 0 Å². The summed E-state index contributed by atoms with van der Waals surface area (Å²) in [4.78, 5) is 0. The minimum Gasteiger partial charge on any atom is -1.00 e. The smallest absolute Gasteiger partial charge is 1.00 e. The van der Waals surface area contributed by atoms with E-state index in [1.54, 1.807) is 0 Å². The average Bonchev–Trinajstić information content (AvgIpc) is 2.26. The molecule has 1 rings (SSSR count). The molecule has 0 saturated heterocycles. The van der Waals surface area contributed by atoms with Crippen molar-refractivity contribution in [3.63, 3.8) is 0 Å².